The lowest BCUT2D eigenvalue weighted by Gasteiger charge is -2.33. The highest BCUT2D eigenvalue weighted by Crippen LogP contribution is 2.47. The molecule has 2 aromatic heterocycles. The molecule has 9 heteroatoms. The van der Waals surface area contributed by atoms with Gasteiger partial charge in [0.1, 0.15) is 22.8 Å². The second-order valence-electron chi connectivity index (χ2n) is 8.78. The molecule has 0 unspecified atom stereocenters. The first-order chi connectivity index (χ1) is 16.5. The second kappa shape index (κ2) is 8.62. The fourth-order valence-electron chi connectivity index (χ4n) is 4.38. The maximum Gasteiger partial charge on any atom is 0.191 e. The maximum absolute atomic E-state index is 14.3. The van der Waals surface area contributed by atoms with E-state index in [1.807, 2.05) is 0 Å². The maximum atomic E-state index is 14.3. The minimum Gasteiger partial charge on any atom is -0.373 e. The number of thiazole rings is 1. The van der Waals surface area contributed by atoms with Gasteiger partial charge in [0.25, 0.3) is 0 Å². The zero-order chi connectivity index (χ0) is 23.4. The van der Waals surface area contributed by atoms with Crippen molar-refractivity contribution in [1.29, 1.82) is 0 Å². The Balaban J connectivity index is 1.18. The third-order valence-electron chi connectivity index (χ3n) is 6.45. The lowest BCUT2D eigenvalue weighted by molar-refractivity contribution is -0.0210. The zero-order valence-electron chi connectivity index (χ0n) is 17.9. The minimum atomic E-state index is -0.441. The molecule has 2 aromatic carbocycles. The standard InChI is InChI=1S/C25H18Cl2FN3O2S/c1-29-14-9-19(28)23-20(10-14)34-25(30-23)13-7-15(8-13)32-11-16-22(31-33-24(16)12-5-6-12)21-17(26)3-2-4-18(21)27/h2-4,9-10,12-13,15H,5-8,11H2. The highest BCUT2D eigenvalue weighted by Gasteiger charge is 2.37. The number of hydrogen-bond acceptors (Lipinski definition) is 5. The van der Waals surface area contributed by atoms with Crippen molar-refractivity contribution < 1.29 is 13.7 Å². The number of hydrogen-bond donors (Lipinski definition) is 0. The Kier molecular flexibility index (Phi) is 5.57. The summed E-state index contributed by atoms with van der Waals surface area (Å²) in [7, 11) is 0. The quantitative estimate of drug-likeness (QED) is 0.243. The van der Waals surface area contributed by atoms with E-state index < -0.39 is 5.82 Å². The van der Waals surface area contributed by atoms with Crippen LogP contribution in [0.15, 0.2) is 34.9 Å². The smallest absolute Gasteiger partial charge is 0.191 e. The lowest BCUT2D eigenvalue weighted by Crippen LogP contribution is -2.29. The van der Waals surface area contributed by atoms with Gasteiger partial charge in [0.05, 0.1) is 34.3 Å². The molecule has 34 heavy (non-hydrogen) atoms. The summed E-state index contributed by atoms with van der Waals surface area (Å²) in [6, 6.07) is 8.32. The van der Waals surface area contributed by atoms with Gasteiger partial charge in [-0.15, -0.1) is 11.3 Å². The number of ether oxygens (including phenoxy) is 1. The average molecular weight is 514 g/mol. The van der Waals surface area contributed by atoms with E-state index in [1.165, 1.54) is 17.4 Å². The molecule has 0 atom stereocenters. The minimum absolute atomic E-state index is 0.0668. The van der Waals surface area contributed by atoms with Crippen molar-refractivity contribution in [3.63, 3.8) is 0 Å². The molecule has 0 saturated heterocycles. The molecule has 0 radical (unpaired) electrons. The summed E-state index contributed by atoms with van der Waals surface area (Å²) in [5.41, 5.74) is 2.86. The van der Waals surface area contributed by atoms with Gasteiger partial charge in [-0.2, -0.15) is 0 Å². The molecule has 172 valence electrons. The molecule has 0 bridgehead atoms. The monoisotopic (exact) mass is 513 g/mol. The van der Waals surface area contributed by atoms with Crippen LogP contribution in [0.2, 0.25) is 10.0 Å². The van der Waals surface area contributed by atoms with Crippen LogP contribution in [0.1, 0.15) is 53.9 Å². The molecule has 2 aliphatic rings. The van der Waals surface area contributed by atoms with Gasteiger partial charge in [-0.1, -0.05) is 34.4 Å². The van der Waals surface area contributed by atoms with E-state index in [4.69, 9.17) is 39.0 Å². The first-order valence-corrected chi connectivity index (χ1v) is 12.6. The van der Waals surface area contributed by atoms with Crippen LogP contribution >= 0.6 is 34.5 Å². The van der Waals surface area contributed by atoms with E-state index in [0.29, 0.717) is 49.7 Å². The summed E-state index contributed by atoms with van der Waals surface area (Å²) < 4.78 is 26.9. The van der Waals surface area contributed by atoms with Gasteiger partial charge in [0.15, 0.2) is 5.69 Å². The molecule has 2 aliphatic carbocycles. The van der Waals surface area contributed by atoms with Crippen molar-refractivity contribution in [2.24, 2.45) is 0 Å². The van der Waals surface area contributed by atoms with E-state index in [0.717, 1.165) is 42.0 Å². The summed E-state index contributed by atoms with van der Waals surface area (Å²) in [5.74, 6) is 1.01. The Morgan fingerprint density at radius 1 is 1.18 bits per heavy atom. The number of aromatic nitrogens is 2. The van der Waals surface area contributed by atoms with E-state index in [-0.39, 0.29) is 12.0 Å². The van der Waals surface area contributed by atoms with Crippen molar-refractivity contribution in [2.75, 3.05) is 0 Å². The van der Waals surface area contributed by atoms with E-state index in [9.17, 15) is 4.39 Å². The van der Waals surface area contributed by atoms with E-state index >= 15 is 0 Å². The van der Waals surface area contributed by atoms with Crippen LogP contribution in [0, 0.1) is 12.4 Å². The summed E-state index contributed by atoms with van der Waals surface area (Å²) in [5, 5.41) is 6.25. The van der Waals surface area contributed by atoms with Crippen molar-refractivity contribution >= 4 is 50.4 Å². The summed E-state index contributed by atoms with van der Waals surface area (Å²) in [6.07, 6.45) is 3.84. The molecule has 0 N–H and O–H groups in total. The zero-order valence-corrected chi connectivity index (χ0v) is 20.2. The molecule has 2 saturated carbocycles. The van der Waals surface area contributed by atoms with Crippen LogP contribution in [0.3, 0.4) is 0 Å². The Bertz CT molecular complexity index is 1430. The molecule has 5 nitrogen and oxygen atoms in total. The Morgan fingerprint density at radius 3 is 2.65 bits per heavy atom. The van der Waals surface area contributed by atoms with Gasteiger partial charge in [0, 0.05) is 27.7 Å². The van der Waals surface area contributed by atoms with Gasteiger partial charge in [0.2, 0.25) is 0 Å². The van der Waals surface area contributed by atoms with E-state index in [2.05, 4.69) is 15.0 Å². The Hall–Kier alpha value is -2.50. The number of benzene rings is 2. The molecule has 0 spiro atoms. The lowest BCUT2D eigenvalue weighted by atomic mass is 9.83. The topological polar surface area (TPSA) is 52.5 Å². The normalized spacial score (nSPS) is 19.8. The molecule has 0 amide bonds. The van der Waals surface area contributed by atoms with Crippen LogP contribution in [-0.4, -0.2) is 16.2 Å². The third-order valence-corrected chi connectivity index (χ3v) is 8.25. The Labute approximate surface area is 209 Å². The average Bonchev–Trinajstić information content (AvgIpc) is 3.41. The fourth-order valence-corrected chi connectivity index (χ4v) is 6.10. The van der Waals surface area contributed by atoms with E-state index in [1.54, 1.807) is 24.3 Å². The molecular weight excluding hydrogens is 496 g/mol. The second-order valence-corrected chi connectivity index (χ2v) is 10.7. The first kappa shape index (κ1) is 22.0. The van der Waals surface area contributed by atoms with Gasteiger partial charge >= 0.3 is 0 Å². The van der Waals surface area contributed by atoms with Crippen molar-refractivity contribution in [1.82, 2.24) is 10.1 Å². The predicted molar refractivity (Wildman–Crippen MR) is 130 cm³/mol. The van der Waals surface area contributed by atoms with Crippen molar-refractivity contribution in [3.05, 3.63) is 73.9 Å². The third kappa shape index (κ3) is 3.89. The largest absolute Gasteiger partial charge is 0.373 e. The van der Waals surface area contributed by atoms with Crippen LogP contribution in [0.25, 0.3) is 26.3 Å². The van der Waals surface area contributed by atoms with Gasteiger partial charge < -0.3 is 9.26 Å². The molecule has 6 rings (SSSR count). The number of nitrogens with zero attached hydrogens (tertiary/aromatic N) is 3. The van der Waals surface area contributed by atoms with Gasteiger partial charge in [-0.05, 0) is 49.9 Å². The molecule has 0 aliphatic heterocycles. The summed E-state index contributed by atoms with van der Waals surface area (Å²) >= 11 is 14.3. The molecule has 2 heterocycles. The van der Waals surface area contributed by atoms with Crippen LogP contribution in [0.4, 0.5) is 10.1 Å². The summed E-state index contributed by atoms with van der Waals surface area (Å²) in [4.78, 5) is 7.84. The fraction of sp³-hybridized carbons (Fsp3) is 0.320. The first-order valence-electron chi connectivity index (χ1n) is 11.0. The van der Waals surface area contributed by atoms with Crippen LogP contribution < -0.4 is 0 Å². The highest BCUT2D eigenvalue weighted by atomic mass is 35.5. The van der Waals surface area contributed by atoms with Gasteiger partial charge in [-0.3, -0.25) is 0 Å². The molecule has 2 fully saturated rings. The molecule has 4 aromatic rings. The van der Waals surface area contributed by atoms with Crippen molar-refractivity contribution in [2.45, 2.75) is 50.2 Å². The highest BCUT2D eigenvalue weighted by molar-refractivity contribution is 7.18. The molecular formula is C25H18Cl2FN3O2S. The number of rotatable bonds is 6. The van der Waals surface area contributed by atoms with Crippen molar-refractivity contribution in [3.8, 4) is 11.3 Å². The summed E-state index contributed by atoms with van der Waals surface area (Å²) in [6.45, 7) is 7.49. The number of fused-ring (bicyclic) bond motifs is 1. The Morgan fingerprint density at radius 2 is 1.94 bits per heavy atom. The SMILES string of the molecule is [C-]#[N+]c1cc(F)c2nc(C3CC(OCc4c(-c5c(Cl)cccc5Cl)noc4C4CC4)C3)sc2c1. The van der Waals surface area contributed by atoms with Gasteiger partial charge in [-0.25, -0.2) is 14.2 Å². The van der Waals surface area contributed by atoms with Crippen LogP contribution in [0.5, 0.6) is 0 Å². The predicted octanol–water partition coefficient (Wildman–Crippen LogP) is 8.29. The number of halogens is 3. The van der Waals surface area contributed by atoms with Crippen LogP contribution in [-0.2, 0) is 11.3 Å².